The third-order valence-corrected chi connectivity index (χ3v) is 7.20. The molecule has 32 heavy (non-hydrogen) atoms. The van der Waals surface area contributed by atoms with Crippen LogP contribution in [0, 0.1) is 29.1 Å². The summed E-state index contributed by atoms with van der Waals surface area (Å²) in [5, 5.41) is 20.4. The van der Waals surface area contributed by atoms with Gasteiger partial charge in [-0.15, -0.1) is 0 Å². The first-order valence-corrected chi connectivity index (χ1v) is 11.8. The van der Waals surface area contributed by atoms with Gasteiger partial charge in [0.1, 0.15) is 6.10 Å². The lowest BCUT2D eigenvalue weighted by Gasteiger charge is -2.44. The lowest BCUT2D eigenvalue weighted by atomic mass is 9.65. The van der Waals surface area contributed by atoms with Crippen molar-refractivity contribution in [3.63, 3.8) is 0 Å². The molecule has 0 aliphatic heterocycles. The lowest BCUT2D eigenvalue weighted by Crippen LogP contribution is -2.43. The van der Waals surface area contributed by atoms with Gasteiger partial charge in [0.2, 0.25) is 0 Å². The number of nitrogens with two attached hydrogens (primary N) is 1. The van der Waals surface area contributed by atoms with Crippen LogP contribution < -0.4 is 5.90 Å². The minimum Gasteiger partial charge on any atom is -0.461 e. The molecule has 2 aliphatic carbocycles. The second-order valence-electron chi connectivity index (χ2n) is 10.3. The van der Waals surface area contributed by atoms with E-state index >= 15 is 0 Å². The van der Waals surface area contributed by atoms with Crippen LogP contribution in [0.2, 0.25) is 0 Å². The minimum atomic E-state index is -0.999. The van der Waals surface area contributed by atoms with E-state index in [0.29, 0.717) is 18.8 Å². The maximum absolute atomic E-state index is 12.9. The second kappa shape index (κ2) is 11.4. The molecule has 0 bridgehead atoms. The molecule has 0 aromatic heterocycles. The second-order valence-corrected chi connectivity index (χ2v) is 10.3. The summed E-state index contributed by atoms with van der Waals surface area (Å²) in [5.41, 5.74) is 0.687. The van der Waals surface area contributed by atoms with Crippen LogP contribution in [-0.2, 0) is 19.2 Å². The van der Waals surface area contributed by atoms with Gasteiger partial charge < -0.3 is 19.8 Å². The van der Waals surface area contributed by atoms with Gasteiger partial charge in [-0.25, -0.2) is 0 Å². The molecular formula is C25H41NO6. The smallest absolute Gasteiger partial charge is 0.327 e. The van der Waals surface area contributed by atoms with Gasteiger partial charge in [-0.05, 0) is 69.3 Å². The highest BCUT2D eigenvalue weighted by atomic mass is 16.7. The van der Waals surface area contributed by atoms with E-state index < -0.39 is 23.6 Å². The Morgan fingerprint density at radius 3 is 2.56 bits per heavy atom. The van der Waals surface area contributed by atoms with Gasteiger partial charge in [0.05, 0.1) is 24.0 Å². The Morgan fingerprint density at radius 2 is 1.94 bits per heavy atom. The quantitative estimate of drug-likeness (QED) is 0.344. The lowest BCUT2D eigenvalue weighted by molar-refractivity contribution is -0.164. The van der Waals surface area contributed by atoms with Gasteiger partial charge >= 0.3 is 11.9 Å². The molecule has 0 aromatic carbocycles. The molecule has 0 aromatic rings. The van der Waals surface area contributed by atoms with Crippen molar-refractivity contribution in [2.75, 3.05) is 0 Å². The molecule has 2 aliphatic rings. The van der Waals surface area contributed by atoms with Crippen LogP contribution in [-0.4, -0.2) is 40.5 Å². The van der Waals surface area contributed by atoms with Crippen LogP contribution in [0.15, 0.2) is 23.8 Å². The zero-order valence-electron chi connectivity index (χ0n) is 20.1. The molecule has 0 amide bonds. The fourth-order valence-corrected chi connectivity index (χ4v) is 4.80. The first kappa shape index (κ1) is 26.6. The van der Waals surface area contributed by atoms with E-state index in [1.54, 1.807) is 0 Å². The SMILES string of the molecule is CCC(C)(C)C(=O)O[C@H]1C[C@@H](C)C=C2C=C[C@H](C)[C@H](CC[C@@H](O)C[C@@H](O)CC(=O)ON)[C@@H]21. The van der Waals surface area contributed by atoms with Crippen molar-refractivity contribution in [3.05, 3.63) is 23.8 Å². The summed E-state index contributed by atoms with van der Waals surface area (Å²) < 4.78 is 6.11. The molecule has 0 spiro atoms. The van der Waals surface area contributed by atoms with Crippen molar-refractivity contribution in [2.45, 2.75) is 91.5 Å². The highest BCUT2D eigenvalue weighted by Gasteiger charge is 2.42. The monoisotopic (exact) mass is 451 g/mol. The van der Waals surface area contributed by atoms with E-state index in [9.17, 15) is 19.8 Å². The highest BCUT2D eigenvalue weighted by Crippen LogP contribution is 2.45. The van der Waals surface area contributed by atoms with Crippen molar-refractivity contribution in [1.29, 1.82) is 0 Å². The van der Waals surface area contributed by atoms with Crippen LogP contribution in [0.5, 0.6) is 0 Å². The standard InChI is InChI=1S/C25H41NO6/c1-6-25(4,5)24(30)31-21-12-15(2)11-17-8-7-16(3)20(23(17)21)10-9-18(27)13-19(28)14-22(29)32-26/h7-8,11,15-16,18-21,23,27-28H,6,9-10,12-14,26H2,1-5H3/t15-,16-,18+,19+,20-,21-,23+/m0/s1. The Morgan fingerprint density at radius 1 is 1.25 bits per heavy atom. The summed E-state index contributed by atoms with van der Waals surface area (Å²) in [5.74, 6) is 4.84. The average molecular weight is 452 g/mol. The number of ether oxygens (including phenoxy) is 1. The summed E-state index contributed by atoms with van der Waals surface area (Å²) in [6.07, 6.45) is 7.24. The Bertz CT molecular complexity index is 715. The molecule has 0 radical (unpaired) electrons. The van der Waals surface area contributed by atoms with Gasteiger partial charge in [-0.2, -0.15) is 5.90 Å². The van der Waals surface area contributed by atoms with Crippen LogP contribution in [0.1, 0.15) is 73.1 Å². The van der Waals surface area contributed by atoms with Gasteiger partial charge in [0.25, 0.3) is 0 Å². The summed E-state index contributed by atoms with van der Waals surface area (Å²) in [6, 6.07) is 0. The van der Waals surface area contributed by atoms with Crippen LogP contribution in [0.4, 0.5) is 0 Å². The van der Waals surface area contributed by atoms with Crippen molar-refractivity contribution < 1.29 is 29.4 Å². The Hall–Kier alpha value is -1.70. The number of aliphatic hydroxyl groups excluding tert-OH is 2. The van der Waals surface area contributed by atoms with E-state index in [0.717, 1.165) is 12.8 Å². The molecule has 0 saturated carbocycles. The zero-order chi connectivity index (χ0) is 24.1. The first-order chi connectivity index (χ1) is 15.0. The largest absolute Gasteiger partial charge is 0.461 e. The fraction of sp³-hybridized carbons (Fsp3) is 0.760. The van der Waals surface area contributed by atoms with Gasteiger partial charge in [0, 0.05) is 5.92 Å². The number of allylic oxidation sites excluding steroid dienone is 3. The van der Waals surface area contributed by atoms with E-state index in [4.69, 9.17) is 10.6 Å². The van der Waals surface area contributed by atoms with E-state index in [-0.39, 0.29) is 42.7 Å². The van der Waals surface area contributed by atoms with Gasteiger partial charge in [-0.1, -0.05) is 39.0 Å². The molecule has 4 N–H and O–H groups in total. The molecule has 0 saturated heterocycles. The molecule has 182 valence electrons. The highest BCUT2D eigenvalue weighted by molar-refractivity contribution is 5.76. The number of hydrogen-bond acceptors (Lipinski definition) is 7. The third-order valence-electron chi connectivity index (χ3n) is 7.20. The first-order valence-electron chi connectivity index (χ1n) is 11.8. The summed E-state index contributed by atoms with van der Waals surface area (Å²) in [7, 11) is 0. The molecule has 0 unspecified atom stereocenters. The Balaban J connectivity index is 2.10. The molecule has 0 heterocycles. The van der Waals surface area contributed by atoms with Crippen LogP contribution in [0.3, 0.4) is 0 Å². The number of hydrogen-bond donors (Lipinski definition) is 3. The van der Waals surface area contributed by atoms with Crippen LogP contribution in [0.25, 0.3) is 0 Å². The topological polar surface area (TPSA) is 119 Å². The number of rotatable bonds is 10. The third kappa shape index (κ3) is 6.90. The summed E-state index contributed by atoms with van der Waals surface area (Å²) in [6.45, 7) is 10.1. The molecule has 0 fully saturated rings. The average Bonchev–Trinajstić information content (AvgIpc) is 2.72. The van der Waals surface area contributed by atoms with Gasteiger partial charge in [0.15, 0.2) is 0 Å². The zero-order valence-corrected chi connectivity index (χ0v) is 20.1. The number of esters is 1. The Labute approximate surface area is 192 Å². The maximum Gasteiger partial charge on any atom is 0.327 e. The molecular weight excluding hydrogens is 410 g/mol. The fourth-order valence-electron chi connectivity index (χ4n) is 4.80. The number of carbonyl (C=O) groups is 2. The van der Waals surface area contributed by atoms with E-state index in [2.05, 4.69) is 36.9 Å². The van der Waals surface area contributed by atoms with Crippen molar-refractivity contribution in [2.24, 2.45) is 35.0 Å². The van der Waals surface area contributed by atoms with Crippen molar-refractivity contribution in [1.82, 2.24) is 0 Å². The molecule has 2 rings (SSSR count). The number of aliphatic hydroxyl groups is 2. The van der Waals surface area contributed by atoms with Crippen molar-refractivity contribution >= 4 is 11.9 Å². The normalized spacial score (nSPS) is 29.5. The summed E-state index contributed by atoms with van der Waals surface area (Å²) in [4.78, 5) is 28.1. The van der Waals surface area contributed by atoms with E-state index in [1.165, 1.54) is 5.57 Å². The molecule has 7 nitrogen and oxygen atoms in total. The predicted octanol–water partition coefficient (Wildman–Crippen LogP) is 3.44. The van der Waals surface area contributed by atoms with Gasteiger partial charge in [-0.3, -0.25) is 9.59 Å². The minimum absolute atomic E-state index is 0.0829. The summed E-state index contributed by atoms with van der Waals surface area (Å²) >= 11 is 0. The Kier molecular flexibility index (Phi) is 9.49. The number of fused-ring (bicyclic) bond motifs is 1. The van der Waals surface area contributed by atoms with Crippen LogP contribution >= 0.6 is 0 Å². The number of carbonyl (C=O) groups excluding carboxylic acids is 2. The van der Waals surface area contributed by atoms with E-state index in [1.807, 2.05) is 20.8 Å². The van der Waals surface area contributed by atoms with Crippen molar-refractivity contribution in [3.8, 4) is 0 Å². The maximum atomic E-state index is 12.9. The molecule has 7 heteroatoms. The predicted molar refractivity (Wildman–Crippen MR) is 122 cm³/mol. The molecule has 7 atom stereocenters.